The first-order valence-corrected chi connectivity index (χ1v) is 6.30. The van der Waals surface area contributed by atoms with Crippen molar-refractivity contribution >= 4 is 35.8 Å². The van der Waals surface area contributed by atoms with Crippen molar-refractivity contribution < 1.29 is 244 Å². The molecule has 0 radical (unpaired) electrons. The van der Waals surface area contributed by atoms with E-state index in [2.05, 4.69) is 4.74 Å². The Morgan fingerprint density at radius 2 is 1.00 bits per heavy atom. The molecule has 13 nitrogen and oxygen atoms in total. The van der Waals surface area contributed by atoms with Crippen molar-refractivity contribution in [3.8, 4) is 0 Å². The topological polar surface area (TPSA) is 233 Å². The van der Waals surface area contributed by atoms with Crippen molar-refractivity contribution in [2.75, 3.05) is 0 Å². The van der Waals surface area contributed by atoms with Gasteiger partial charge in [-0.25, -0.2) is 9.59 Å². The molecular weight excluding hydrogens is 517 g/mol. The maximum Gasteiger partial charge on any atom is 1.00 e. The van der Waals surface area contributed by atoms with Gasteiger partial charge in [-0.3, -0.25) is 19.2 Å². The minimum Gasteiger partial charge on any atom is -1.00 e. The fraction of sp³-hybridized carbons (Fsp3) is 0.500. The van der Waals surface area contributed by atoms with E-state index in [-0.39, 0.29) is 180 Å². The average molecular weight is 534 g/mol. The molecule has 6 N–H and O–H groups in total. The van der Waals surface area contributed by atoms with Gasteiger partial charge in [0.2, 0.25) is 5.60 Å². The molecule has 0 spiro atoms. The Kier molecular flexibility index (Phi) is 27.0. The number of ether oxygens (including phenoxy) is 1. The zero-order chi connectivity index (χ0) is 20.0. The van der Waals surface area contributed by atoms with E-state index in [1.54, 1.807) is 0 Å². The van der Waals surface area contributed by atoms with Gasteiger partial charge in [0.05, 0.1) is 25.7 Å². The largest absolute Gasteiger partial charge is 1.00 e. The van der Waals surface area contributed by atoms with Crippen LogP contribution in [0.2, 0.25) is 0 Å². The number of aliphatic hydroxyl groups is 1. The van der Waals surface area contributed by atoms with Crippen molar-refractivity contribution in [2.45, 2.75) is 36.9 Å². The van der Waals surface area contributed by atoms with Crippen LogP contribution in [0.1, 0.15) is 30.0 Å². The van der Waals surface area contributed by atoms with E-state index in [0.29, 0.717) is 0 Å². The van der Waals surface area contributed by atoms with Gasteiger partial charge in [0.15, 0.2) is 5.60 Å². The molecule has 0 aromatic carbocycles. The fourth-order valence-electron chi connectivity index (χ4n) is 1.77. The van der Waals surface area contributed by atoms with Gasteiger partial charge in [0, 0.05) is 21.7 Å². The van der Waals surface area contributed by atoms with Crippen molar-refractivity contribution in [3.05, 3.63) is 0 Å². The van der Waals surface area contributed by atoms with Crippen molar-refractivity contribution in [1.82, 2.24) is 0 Å². The second-order valence-electron chi connectivity index (χ2n) is 5.00. The Morgan fingerprint density at radius 3 is 1.24 bits per heavy atom. The quantitative estimate of drug-likeness (QED) is 0.107. The van der Waals surface area contributed by atoms with Crippen molar-refractivity contribution in [1.29, 1.82) is 0 Å². The Balaban J connectivity index is -0.000000137. The molecule has 0 heterocycles. The Hall–Kier alpha value is 2.40. The van der Waals surface area contributed by atoms with Crippen LogP contribution in [0, 0.1) is 0 Å². The standard InChI is InChI=1S/C12H14O13.3K.Ti.3H/c13-5(14)1-11(24,9(20)21)4-8(19)25-12(10(22)23,2-6(15)16)3-7(17)18;;;;;;;/h24H,1-4H2,(H,13,14)(H,15,16)(H,17,18)(H,20,21)(H,22,23);;;;;;;/q;3*+1;;3*-1. The van der Waals surface area contributed by atoms with Gasteiger partial charge >= 0.3 is 190 Å². The van der Waals surface area contributed by atoms with Crippen molar-refractivity contribution in [2.24, 2.45) is 0 Å². The number of hydrogen-bond acceptors (Lipinski definition) is 8. The third-order valence-electron chi connectivity index (χ3n) is 2.85. The number of carboxylic acids is 5. The Morgan fingerprint density at radius 1 is 0.655 bits per heavy atom. The maximum absolute atomic E-state index is 11.7. The smallest absolute Gasteiger partial charge is 1.00 e. The van der Waals surface area contributed by atoms with Crippen LogP contribution in [-0.4, -0.2) is 77.7 Å². The van der Waals surface area contributed by atoms with Crippen LogP contribution in [0.25, 0.3) is 0 Å². The summed E-state index contributed by atoms with van der Waals surface area (Å²) >= 11 is 0. The van der Waals surface area contributed by atoms with Crippen LogP contribution in [0.4, 0.5) is 0 Å². The molecule has 0 aromatic rings. The molecule has 1 atom stereocenters. The first kappa shape index (κ1) is 41.6. The normalized spacial score (nSPS) is 11.5. The molecule has 0 saturated heterocycles. The molecule has 1 unspecified atom stereocenters. The van der Waals surface area contributed by atoms with Gasteiger partial charge in [-0.1, -0.05) is 0 Å². The molecule has 0 saturated carbocycles. The summed E-state index contributed by atoms with van der Waals surface area (Å²) in [5.74, 6) is -11.6. The van der Waals surface area contributed by atoms with Gasteiger partial charge in [-0.15, -0.1) is 0 Å². The number of rotatable bonds is 11. The van der Waals surface area contributed by atoms with E-state index in [0.717, 1.165) is 0 Å². The molecule has 0 fully saturated rings. The number of carbonyl (C=O) groups is 6. The van der Waals surface area contributed by atoms with Gasteiger partial charge in [0.1, 0.15) is 0 Å². The van der Waals surface area contributed by atoms with Gasteiger partial charge in [-0.05, 0) is 0 Å². The minimum atomic E-state index is -3.17. The van der Waals surface area contributed by atoms with E-state index in [9.17, 15) is 33.9 Å². The summed E-state index contributed by atoms with van der Waals surface area (Å²) in [5.41, 5.74) is -6.24. The summed E-state index contributed by atoms with van der Waals surface area (Å²) in [5, 5.41) is 53.5. The van der Waals surface area contributed by atoms with Gasteiger partial charge in [0.25, 0.3) is 0 Å². The number of esters is 1. The zero-order valence-electron chi connectivity index (χ0n) is 18.9. The average Bonchev–Trinajstić information content (AvgIpc) is 2.34. The van der Waals surface area contributed by atoms with Gasteiger partial charge < -0.3 is 39.7 Å². The van der Waals surface area contributed by atoms with E-state index in [1.807, 2.05) is 0 Å². The molecule has 0 aromatic heterocycles. The Labute approximate surface area is 310 Å². The molecule has 0 bridgehead atoms. The number of aliphatic carboxylic acids is 5. The van der Waals surface area contributed by atoms with E-state index < -0.39 is 72.7 Å². The third-order valence-corrected chi connectivity index (χ3v) is 2.85. The van der Waals surface area contributed by atoms with E-state index in [4.69, 9.17) is 25.5 Å². The molecule has 0 aliphatic heterocycles. The summed E-state index contributed by atoms with van der Waals surface area (Å²) in [6.07, 6.45) is -5.94. The van der Waals surface area contributed by atoms with Crippen LogP contribution in [0.15, 0.2) is 0 Å². The first-order valence-electron chi connectivity index (χ1n) is 6.30. The maximum atomic E-state index is 11.7. The van der Waals surface area contributed by atoms with Crippen LogP contribution in [0.5, 0.6) is 0 Å². The summed E-state index contributed by atoms with van der Waals surface area (Å²) < 4.78 is 4.33. The predicted octanol–water partition coefficient (Wildman–Crippen LogP) is -10.7. The molecular formula is C12H17K3O13Ti. The fourth-order valence-corrected chi connectivity index (χ4v) is 1.77. The first-order chi connectivity index (χ1) is 11.2. The van der Waals surface area contributed by atoms with Crippen LogP contribution < -0.4 is 154 Å². The second-order valence-corrected chi connectivity index (χ2v) is 5.00. The predicted molar refractivity (Wildman–Crippen MR) is 73.8 cm³/mol. The molecule has 17 heteroatoms. The molecule has 0 aliphatic rings. The SMILES string of the molecule is O=C(O)CC(O)(CC(=O)OC(CC(=O)O)(CC(=O)O)C(=O)O)C(=O)O.[H-].[H-].[H-].[K+].[K+].[K+].[Ti]. The van der Waals surface area contributed by atoms with Gasteiger partial charge in [-0.2, -0.15) is 0 Å². The second kappa shape index (κ2) is 18.8. The summed E-state index contributed by atoms with van der Waals surface area (Å²) in [6.45, 7) is 0. The van der Waals surface area contributed by atoms with Crippen molar-refractivity contribution in [3.63, 3.8) is 0 Å². The number of hydrogen-bond donors (Lipinski definition) is 6. The zero-order valence-corrected chi connectivity index (χ0v) is 26.8. The molecule has 0 rings (SSSR count). The minimum absolute atomic E-state index is 0. The summed E-state index contributed by atoms with van der Waals surface area (Å²) in [6, 6.07) is 0. The number of carbonyl (C=O) groups excluding carboxylic acids is 1. The Bertz CT molecular complexity index is 625. The third kappa shape index (κ3) is 15.8. The monoisotopic (exact) mass is 534 g/mol. The molecule has 150 valence electrons. The molecule has 0 amide bonds. The van der Waals surface area contributed by atoms with Crippen LogP contribution in [-0.2, 0) is 55.2 Å². The summed E-state index contributed by atoms with van der Waals surface area (Å²) in [4.78, 5) is 66.0. The number of carboxylic acid groups (broad SMARTS) is 5. The van der Waals surface area contributed by atoms with Crippen LogP contribution >= 0.6 is 0 Å². The molecule has 29 heavy (non-hydrogen) atoms. The summed E-state index contributed by atoms with van der Waals surface area (Å²) in [7, 11) is 0. The molecule has 0 aliphatic carbocycles. The van der Waals surface area contributed by atoms with E-state index >= 15 is 0 Å². The van der Waals surface area contributed by atoms with E-state index in [1.165, 1.54) is 0 Å². The van der Waals surface area contributed by atoms with Crippen LogP contribution in [0.3, 0.4) is 0 Å².